The second-order valence-electron chi connectivity index (χ2n) is 6.03. The lowest BCUT2D eigenvalue weighted by molar-refractivity contribution is -0.120. The molecule has 11 heteroatoms. The van der Waals surface area contributed by atoms with Crippen LogP contribution in [0.25, 0.3) is 0 Å². The number of hydrogen-bond donors (Lipinski definition) is 2. The number of ether oxygens (including phenoxy) is 1. The van der Waals surface area contributed by atoms with Crippen LogP contribution in [-0.4, -0.2) is 63.6 Å². The maximum Gasteiger partial charge on any atom is 0.259 e. The average molecular weight is 437 g/mol. The third kappa shape index (κ3) is 5.70. The van der Waals surface area contributed by atoms with E-state index in [0.29, 0.717) is 26.3 Å². The summed E-state index contributed by atoms with van der Waals surface area (Å²) in [6.07, 6.45) is 1.51. The van der Waals surface area contributed by atoms with Gasteiger partial charge in [-0.1, -0.05) is 6.07 Å². The summed E-state index contributed by atoms with van der Waals surface area (Å²) >= 11 is 1.48. The number of carbonyl (C=O) groups excluding carboxylic acids is 2. The number of nitrogens with zero attached hydrogens (tertiary/aromatic N) is 2. The van der Waals surface area contributed by atoms with Gasteiger partial charge in [0.2, 0.25) is 10.0 Å². The molecule has 2 amide bonds. The van der Waals surface area contributed by atoms with Crippen molar-refractivity contribution in [1.82, 2.24) is 15.0 Å². The minimum Gasteiger partial charge on any atom is -0.379 e. The van der Waals surface area contributed by atoms with Gasteiger partial charge in [0, 0.05) is 23.5 Å². The van der Waals surface area contributed by atoms with Crippen molar-refractivity contribution in [2.75, 3.05) is 32.8 Å². The molecule has 0 saturated carbocycles. The van der Waals surface area contributed by atoms with Gasteiger partial charge in [-0.3, -0.25) is 9.59 Å². The molecule has 154 valence electrons. The van der Waals surface area contributed by atoms with Crippen LogP contribution in [0.2, 0.25) is 0 Å². The van der Waals surface area contributed by atoms with Gasteiger partial charge in [-0.2, -0.15) is 9.41 Å². The number of morpholine rings is 1. The highest BCUT2D eigenvalue weighted by atomic mass is 32.2. The molecule has 1 aromatic carbocycles. The van der Waals surface area contributed by atoms with E-state index in [4.69, 9.17) is 4.74 Å². The molecule has 9 nitrogen and oxygen atoms in total. The number of rotatable bonds is 7. The van der Waals surface area contributed by atoms with Crippen molar-refractivity contribution in [2.24, 2.45) is 5.10 Å². The average Bonchev–Trinajstić information content (AvgIpc) is 3.26. The highest BCUT2D eigenvalue weighted by Crippen LogP contribution is 2.17. The molecule has 0 atom stereocenters. The Morgan fingerprint density at radius 3 is 2.55 bits per heavy atom. The fourth-order valence-corrected chi connectivity index (χ4v) is 4.54. The zero-order valence-electron chi connectivity index (χ0n) is 15.4. The summed E-state index contributed by atoms with van der Waals surface area (Å²) in [6, 6.07) is 9.30. The monoisotopic (exact) mass is 436 g/mol. The molecule has 29 heavy (non-hydrogen) atoms. The molecule has 3 rings (SSSR count). The van der Waals surface area contributed by atoms with Crippen molar-refractivity contribution in [1.29, 1.82) is 0 Å². The highest BCUT2D eigenvalue weighted by molar-refractivity contribution is 7.89. The van der Waals surface area contributed by atoms with E-state index >= 15 is 0 Å². The van der Waals surface area contributed by atoms with Gasteiger partial charge < -0.3 is 10.1 Å². The normalized spacial score (nSPS) is 15.3. The molecular weight excluding hydrogens is 416 g/mol. The Balaban J connectivity index is 1.51. The fraction of sp³-hybridized carbons (Fsp3) is 0.278. The summed E-state index contributed by atoms with van der Waals surface area (Å²) in [5.41, 5.74) is 2.57. The van der Waals surface area contributed by atoms with Crippen molar-refractivity contribution in [3.8, 4) is 0 Å². The second-order valence-corrected chi connectivity index (χ2v) is 8.95. The fourth-order valence-electron chi connectivity index (χ4n) is 2.55. The van der Waals surface area contributed by atoms with Crippen molar-refractivity contribution in [3.05, 3.63) is 52.2 Å². The second kappa shape index (κ2) is 9.74. The Bertz CT molecular complexity index is 966. The summed E-state index contributed by atoms with van der Waals surface area (Å²) in [5.74, 6) is -0.963. The van der Waals surface area contributed by atoms with Crippen molar-refractivity contribution in [2.45, 2.75) is 4.90 Å². The van der Waals surface area contributed by atoms with Crippen LogP contribution in [0.3, 0.4) is 0 Å². The number of nitrogens with one attached hydrogen (secondary N) is 2. The van der Waals surface area contributed by atoms with E-state index < -0.39 is 21.8 Å². The lowest BCUT2D eigenvalue weighted by atomic mass is 10.2. The summed E-state index contributed by atoms with van der Waals surface area (Å²) in [4.78, 5) is 24.9. The molecule has 0 bridgehead atoms. The molecule has 0 unspecified atom stereocenters. The first-order chi connectivity index (χ1) is 14.0. The van der Waals surface area contributed by atoms with Crippen LogP contribution in [0.1, 0.15) is 15.2 Å². The molecule has 1 aliphatic rings. The van der Waals surface area contributed by atoms with Crippen LogP contribution < -0.4 is 10.7 Å². The lowest BCUT2D eigenvalue weighted by Gasteiger charge is -2.26. The van der Waals surface area contributed by atoms with Crippen LogP contribution in [0.4, 0.5) is 0 Å². The Morgan fingerprint density at radius 1 is 1.17 bits per heavy atom. The van der Waals surface area contributed by atoms with E-state index in [2.05, 4.69) is 15.8 Å². The molecule has 0 radical (unpaired) electrons. The standard InChI is InChI=1S/C18H20N4O5S2/c23-17(21-20-12-15-2-1-11-28-15)13-19-18(24)14-3-5-16(6-4-14)29(25,26)22-7-9-27-10-8-22/h1-6,11-12H,7-10,13H2,(H,19,24)(H,21,23). The SMILES string of the molecule is O=C(CNC(=O)c1ccc(S(=O)(=O)N2CCOCC2)cc1)NN=Cc1cccs1. The molecule has 0 aliphatic carbocycles. The van der Waals surface area contributed by atoms with Crippen LogP contribution in [0, 0.1) is 0 Å². The first kappa shape index (κ1) is 21.1. The number of hydrazone groups is 1. The van der Waals surface area contributed by atoms with Gasteiger partial charge in [0.25, 0.3) is 11.8 Å². The van der Waals surface area contributed by atoms with Gasteiger partial charge >= 0.3 is 0 Å². The molecule has 2 N–H and O–H groups in total. The molecular formula is C18H20N4O5S2. The number of benzene rings is 1. The molecule has 1 aromatic heterocycles. The topological polar surface area (TPSA) is 117 Å². The Labute approximate surface area is 172 Å². The highest BCUT2D eigenvalue weighted by Gasteiger charge is 2.26. The van der Waals surface area contributed by atoms with E-state index in [9.17, 15) is 18.0 Å². The van der Waals surface area contributed by atoms with Gasteiger partial charge in [0.15, 0.2) is 0 Å². The van der Waals surface area contributed by atoms with E-state index in [1.54, 1.807) is 0 Å². The van der Waals surface area contributed by atoms with Crippen LogP contribution >= 0.6 is 11.3 Å². The maximum absolute atomic E-state index is 12.6. The van der Waals surface area contributed by atoms with Crippen LogP contribution in [0.5, 0.6) is 0 Å². The number of sulfonamides is 1. The zero-order chi connectivity index (χ0) is 20.7. The lowest BCUT2D eigenvalue weighted by Crippen LogP contribution is -2.40. The summed E-state index contributed by atoms with van der Waals surface area (Å²) < 4.78 is 31.7. The van der Waals surface area contributed by atoms with Crippen molar-refractivity contribution < 1.29 is 22.7 Å². The number of carbonyl (C=O) groups is 2. The Kier molecular flexibility index (Phi) is 7.09. The van der Waals surface area contributed by atoms with Gasteiger partial charge in [-0.25, -0.2) is 13.8 Å². The number of thiophene rings is 1. The van der Waals surface area contributed by atoms with Gasteiger partial charge in [-0.15, -0.1) is 11.3 Å². The predicted molar refractivity (Wildman–Crippen MR) is 108 cm³/mol. The van der Waals surface area contributed by atoms with E-state index in [-0.39, 0.29) is 17.0 Å². The van der Waals surface area contributed by atoms with E-state index in [1.807, 2.05) is 17.5 Å². The number of hydrogen-bond acceptors (Lipinski definition) is 7. The van der Waals surface area contributed by atoms with Crippen LogP contribution in [-0.2, 0) is 19.6 Å². The molecule has 2 aromatic rings. The molecule has 0 spiro atoms. The third-order valence-electron chi connectivity index (χ3n) is 4.06. The van der Waals surface area contributed by atoms with Crippen LogP contribution in [0.15, 0.2) is 51.8 Å². The minimum atomic E-state index is -3.62. The Morgan fingerprint density at radius 2 is 1.90 bits per heavy atom. The third-order valence-corrected chi connectivity index (χ3v) is 6.78. The quantitative estimate of drug-likeness (QED) is 0.488. The van der Waals surface area contributed by atoms with Gasteiger partial charge in [0.05, 0.1) is 30.9 Å². The predicted octanol–water partition coefficient (Wildman–Crippen LogP) is 0.649. The smallest absolute Gasteiger partial charge is 0.259 e. The first-order valence-electron chi connectivity index (χ1n) is 8.78. The summed E-state index contributed by atoms with van der Waals surface area (Å²) in [5, 5.41) is 8.16. The zero-order valence-corrected chi connectivity index (χ0v) is 17.0. The van der Waals surface area contributed by atoms with E-state index in [1.165, 1.54) is 46.1 Å². The van der Waals surface area contributed by atoms with E-state index in [0.717, 1.165) is 4.88 Å². The van der Waals surface area contributed by atoms with Crippen molar-refractivity contribution in [3.63, 3.8) is 0 Å². The molecule has 1 fully saturated rings. The number of amides is 2. The summed E-state index contributed by atoms with van der Waals surface area (Å²) in [6.45, 7) is 1.07. The minimum absolute atomic E-state index is 0.108. The first-order valence-corrected chi connectivity index (χ1v) is 11.1. The Hall–Kier alpha value is -2.60. The maximum atomic E-state index is 12.6. The van der Waals surface area contributed by atoms with Gasteiger partial charge in [-0.05, 0) is 35.7 Å². The van der Waals surface area contributed by atoms with Gasteiger partial charge in [0.1, 0.15) is 0 Å². The molecule has 1 aliphatic heterocycles. The molecule has 2 heterocycles. The summed E-state index contributed by atoms with van der Waals surface area (Å²) in [7, 11) is -3.62. The largest absolute Gasteiger partial charge is 0.379 e. The van der Waals surface area contributed by atoms with Crippen molar-refractivity contribution >= 4 is 39.4 Å². The molecule has 1 saturated heterocycles.